The van der Waals surface area contributed by atoms with Gasteiger partial charge < -0.3 is 10.4 Å². The van der Waals surface area contributed by atoms with Crippen LogP contribution < -0.4 is 5.32 Å². The normalized spacial score (nSPS) is 10.5. The van der Waals surface area contributed by atoms with Gasteiger partial charge in [0.25, 0.3) is 0 Å². The van der Waals surface area contributed by atoms with Crippen molar-refractivity contribution < 1.29 is 14.4 Å². The smallest absolute Gasteiger partial charge is 0.306 e. The number of hydrogen-bond donors (Lipinski definition) is 2. The second-order valence-corrected chi connectivity index (χ2v) is 3.97. The number of nitrogens with zero attached hydrogens (tertiary/aromatic N) is 4. The van der Waals surface area contributed by atoms with E-state index in [2.05, 4.69) is 15.6 Å². The van der Waals surface area contributed by atoms with E-state index in [4.69, 9.17) is 5.11 Å². The molecule has 0 radical (unpaired) electrons. The highest BCUT2D eigenvalue weighted by Gasteiger charge is 2.14. The number of halogens is 1. The first-order chi connectivity index (χ1) is 9.60. The summed E-state index contributed by atoms with van der Waals surface area (Å²) in [5, 5.41) is 29.9. The van der Waals surface area contributed by atoms with Crippen molar-refractivity contribution in [2.24, 2.45) is 0 Å². The van der Waals surface area contributed by atoms with E-state index in [9.17, 15) is 14.5 Å². The number of nitro benzene ring substituents is 1. The van der Waals surface area contributed by atoms with Gasteiger partial charge in [-0.3, -0.25) is 10.1 Å². The lowest BCUT2D eigenvalue weighted by Crippen LogP contribution is -2.02. The fourth-order valence-electron chi connectivity index (χ4n) is 1.59. The van der Waals surface area contributed by atoms with E-state index < -0.39 is 16.4 Å². The minimum absolute atomic E-state index is 0.0413. The van der Waals surface area contributed by atoms with Crippen LogP contribution in [0.1, 0.15) is 5.69 Å². The molecule has 0 fully saturated rings. The van der Waals surface area contributed by atoms with Crippen LogP contribution in [0.25, 0.3) is 0 Å². The van der Waals surface area contributed by atoms with Crippen LogP contribution in [0.15, 0.2) is 24.4 Å². The maximum atomic E-state index is 13.2. The number of rotatable bonds is 6. The summed E-state index contributed by atoms with van der Waals surface area (Å²) in [7, 11) is 0. The monoisotopic (exact) mass is 281 g/mol. The molecule has 2 aromatic rings. The quantitative estimate of drug-likeness (QED) is 0.602. The zero-order valence-corrected chi connectivity index (χ0v) is 10.4. The van der Waals surface area contributed by atoms with Crippen molar-refractivity contribution in [3.8, 4) is 0 Å². The van der Waals surface area contributed by atoms with Gasteiger partial charge in [0.05, 0.1) is 30.8 Å². The average Bonchev–Trinajstić information content (AvgIpc) is 2.86. The van der Waals surface area contributed by atoms with Crippen molar-refractivity contribution in [1.29, 1.82) is 0 Å². The van der Waals surface area contributed by atoms with E-state index in [-0.39, 0.29) is 13.2 Å². The van der Waals surface area contributed by atoms with Gasteiger partial charge in [-0.1, -0.05) is 5.21 Å². The fraction of sp³-hybridized carbons (Fsp3) is 0.273. The summed E-state index contributed by atoms with van der Waals surface area (Å²) < 4.78 is 14.6. The zero-order valence-electron chi connectivity index (χ0n) is 10.4. The van der Waals surface area contributed by atoms with Crippen molar-refractivity contribution in [3.63, 3.8) is 0 Å². The van der Waals surface area contributed by atoms with E-state index in [1.54, 1.807) is 6.20 Å². The number of benzene rings is 1. The summed E-state index contributed by atoms with van der Waals surface area (Å²) in [6, 6.07) is 3.55. The average molecular weight is 281 g/mol. The van der Waals surface area contributed by atoms with Gasteiger partial charge in [-0.2, -0.15) is 4.39 Å². The highest BCUT2D eigenvalue weighted by molar-refractivity contribution is 5.51. The largest absolute Gasteiger partial charge is 0.394 e. The Bertz CT molecular complexity index is 616. The molecule has 2 N–H and O–H groups in total. The van der Waals surface area contributed by atoms with Crippen molar-refractivity contribution in [2.45, 2.75) is 13.1 Å². The summed E-state index contributed by atoms with van der Waals surface area (Å²) in [6.07, 6.45) is 1.64. The van der Waals surface area contributed by atoms with Gasteiger partial charge in [-0.25, -0.2) is 4.68 Å². The van der Waals surface area contributed by atoms with E-state index >= 15 is 0 Å². The Labute approximate surface area is 113 Å². The maximum Gasteiger partial charge on any atom is 0.306 e. The predicted molar refractivity (Wildman–Crippen MR) is 67.5 cm³/mol. The van der Waals surface area contributed by atoms with E-state index in [0.717, 1.165) is 12.1 Å². The standard InChI is InChI=1S/C11H12FN5O3/c12-10-2-1-8(5-11(10)17(19)20)13-6-9-7-16(3-4-18)15-14-9/h1-2,5,7,13,18H,3-4,6H2. The molecule has 2 rings (SSSR count). The first kappa shape index (κ1) is 13.9. The Hall–Kier alpha value is -2.55. The van der Waals surface area contributed by atoms with Crippen LogP contribution in [0.4, 0.5) is 15.8 Å². The van der Waals surface area contributed by atoms with Crippen LogP contribution in [0, 0.1) is 15.9 Å². The van der Waals surface area contributed by atoms with Crippen molar-refractivity contribution in [3.05, 3.63) is 46.0 Å². The van der Waals surface area contributed by atoms with Gasteiger partial charge in [0, 0.05) is 11.8 Å². The molecule has 0 aliphatic heterocycles. The van der Waals surface area contributed by atoms with Crippen LogP contribution in [0.5, 0.6) is 0 Å². The number of anilines is 1. The SMILES string of the molecule is O=[N+]([O-])c1cc(NCc2cn(CCO)nn2)ccc1F. The molecule has 20 heavy (non-hydrogen) atoms. The molecule has 0 unspecified atom stereocenters. The van der Waals surface area contributed by atoms with Gasteiger partial charge in [-0.15, -0.1) is 5.10 Å². The fourth-order valence-corrected chi connectivity index (χ4v) is 1.59. The molecule has 0 saturated heterocycles. The molecule has 1 aromatic heterocycles. The van der Waals surface area contributed by atoms with Crippen molar-refractivity contribution in [1.82, 2.24) is 15.0 Å². The summed E-state index contributed by atoms with van der Waals surface area (Å²) in [6.45, 7) is 0.587. The molecule has 0 bridgehead atoms. The third-order valence-corrected chi connectivity index (χ3v) is 2.53. The van der Waals surface area contributed by atoms with Crippen molar-refractivity contribution >= 4 is 11.4 Å². The molecule has 0 amide bonds. The third-order valence-electron chi connectivity index (χ3n) is 2.53. The van der Waals surface area contributed by atoms with Gasteiger partial charge in [0.1, 0.15) is 5.69 Å². The van der Waals surface area contributed by atoms with Crippen LogP contribution in [0.2, 0.25) is 0 Å². The number of aliphatic hydroxyl groups is 1. The molecule has 0 aliphatic rings. The molecular formula is C11H12FN5O3. The van der Waals surface area contributed by atoms with E-state index in [1.807, 2.05) is 0 Å². The minimum atomic E-state index is -0.880. The lowest BCUT2D eigenvalue weighted by molar-refractivity contribution is -0.387. The topological polar surface area (TPSA) is 106 Å². The molecule has 0 aliphatic carbocycles. The minimum Gasteiger partial charge on any atom is -0.394 e. The Kier molecular flexibility index (Phi) is 4.20. The molecule has 1 heterocycles. The molecule has 8 nitrogen and oxygen atoms in total. The Morgan fingerprint density at radius 3 is 3.00 bits per heavy atom. The lowest BCUT2D eigenvalue weighted by Gasteiger charge is -2.04. The van der Waals surface area contributed by atoms with Gasteiger partial charge in [0.15, 0.2) is 0 Å². The summed E-state index contributed by atoms with van der Waals surface area (Å²) >= 11 is 0. The number of hydrogen-bond acceptors (Lipinski definition) is 6. The molecule has 106 valence electrons. The summed E-state index contributed by atoms with van der Waals surface area (Å²) in [5.41, 5.74) is 0.430. The Balaban J connectivity index is 2.03. The number of nitro groups is 1. The second-order valence-electron chi connectivity index (χ2n) is 3.97. The van der Waals surface area contributed by atoms with Gasteiger partial charge in [-0.05, 0) is 12.1 Å². The van der Waals surface area contributed by atoms with Gasteiger partial charge >= 0.3 is 5.69 Å². The van der Waals surface area contributed by atoms with E-state index in [1.165, 1.54) is 10.7 Å². The highest BCUT2D eigenvalue weighted by atomic mass is 19.1. The van der Waals surface area contributed by atoms with Crippen molar-refractivity contribution in [2.75, 3.05) is 11.9 Å². The molecule has 9 heteroatoms. The lowest BCUT2D eigenvalue weighted by atomic mass is 10.2. The summed E-state index contributed by atoms with van der Waals surface area (Å²) in [4.78, 5) is 9.83. The third kappa shape index (κ3) is 3.26. The molecular weight excluding hydrogens is 269 g/mol. The van der Waals surface area contributed by atoms with Crippen LogP contribution in [0.3, 0.4) is 0 Å². The number of aromatic nitrogens is 3. The predicted octanol–water partition coefficient (Wildman–Crippen LogP) is 0.930. The Morgan fingerprint density at radius 1 is 1.50 bits per heavy atom. The first-order valence-electron chi connectivity index (χ1n) is 5.78. The Morgan fingerprint density at radius 2 is 2.30 bits per heavy atom. The second kappa shape index (κ2) is 6.06. The molecule has 0 saturated carbocycles. The van der Waals surface area contributed by atoms with Crippen LogP contribution in [-0.2, 0) is 13.1 Å². The first-order valence-corrected chi connectivity index (χ1v) is 5.78. The number of nitrogens with one attached hydrogen (secondary N) is 1. The maximum absolute atomic E-state index is 13.2. The van der Waals surface area contributed by atoms with Gasteiger partial charge in [0.2, 0.25) is 5.82 Å². The molecule has 1 aromatic carbocycles. The summed E-state index contributed by atoms with van der Waals surface area (Å²) in [5.74, 6) is -0.880. The van der Waals surface area contributed by atoms with Crippen LogP contribution in [-0.4, -0.2) is 31.6 Å². The highest BCUT2D eigenvalue weighted by Crippen LogP contribution is 2.21. The van der Waals surface area contributed by atoms with E-state index in [0.29, 0.717) is 17.9 Å². The zero-order chi connectivity index (χ0) is 14.5. The van der Waals surface area contributed by atoms with Crippen LogP contribution >= 0.6 is 0 Å². The number of aliphatic hydroxyl groups excluding tert-OH is 1. The molecule has 0 spiro atoms. The molecule has 0 atom stereocenters.